The molecule has 0 aliphatic heterocycles. The summed E-state index contributed by atoms with van der Waals surface area (Å²) in [5.74, 6) is 0.965. The summed E-state index contributed by atoms with van der Waals surface area (Å²) in [5.41, 5.74) is 1.27. The molecular weight excluding hydrogens is 302 g/mol. The van der Waals surface area contributed by atoms with Gasteiger partial charge in [0.15, 0.2) is 0 Å². The first kappa shape index (κ1) is 14.3. The van der Waals surface area contributed by atoms with Crippen molar-refractivity contribution in [3.05, 3.63) is 47.0 Å². The molecule has 0 fully saturated rings. The Kier molecular flexibility index (Phi) is 5.45. The molecule has 1 nitrogen and oxygen atoms in total. The molecule has 0 saturated heterocycles. The molecule has 0 aliphatic rings. The van der Waals surface area contributed by atoms with Crippen LogP contribution in [0, 0.1) is 0 Å². The Labute approximate surface area is 126 Å². The number of benzene rings is 1. The zero-order chi connectivity index (χ0) is 13.0. The Bertz CT molecular complexity index is 510. The van der Waals surface area contributed by atoms with E-state index in [1.807, 2.05) is 41.3 Å². The van der Waals surface area contributed by atoms with Crippen molar-refractivity contribution >= 4 is 46.6 Å². The highest BCUT2D eigenvalue weighted by Crippen LogP contribution is 2.35. The van der Waals surface area contributed by atoms with E-state index in [1.165, 1.54) is 14.0 Å². The van der Waals surface area contributed by atoms with Crippen LogP contribution in [0.5, 0.6) is 0 Å². The average molecular weight is 316 g/mol. The largest absolute Gasteiger partial charge is 0.252 e. The lowest BCUT2D eigenvalue weighted by Crippen LogP contribution is -1.96. The van der Waals surface area contributed by atoms with Gasteiger partial charge in [0.1, 0.15) is 0 Å². The Morgan fingerprint density at radius 1 is 1.17 bits per heavy atom. The number of rotatable bonds is 5. The van der Waals surface area contributed by atoms with Gasteiger partial charge >= 0.3 is 0 Å². The van der Waals surface area contributed by atoms with Crippen molar-refractivity contribution in [3.8, 4) is 0 Å². The molecule has 0 saturated carbocycles. The van der Waals surface area contributed by atoms with Crippen LogP contribution in [0.1, 0.15) is 5.56 Å². The zero-order valence-electron chi connectivity index (χ0n) is 10.2. The van der Waals surface area contributed by atoms with Gasteiger partial charge in [0, 0.05) is 10.8 Å². The highest BCUT2D eigenvalue weighted by molar-refractivity contribution is 8.02. The third-order valence-electron chi connectivity index (χ3n) is 2.10. The topological polar surface area (TPSA) is 3.24 Å². The smallest absolute Gasteiger partial charge is 0.0765 e. The van der Waals surface area contributed by atoms with E-state index in [9.17, 15) is 0 Å². The molecule has 0 atom stereocenters. The summed E-state index contributed by atoms with van der Waals surface area (Å²) in [5, 5.41) is 0.808. The van der Waals surface area contributed by atoms with E-state index in [0.717, 1.165) is 10.8 Å². The first-order chi connectivity index (χ1) is 8.63. The summed E-state index contributed by atoms with van der Waals surface area (Å²) in [6, 6.07) is 12.4. The van der Waals surface area contributed by atoms with E-state index in [-0.39, 0.29) is 0 Å². The molecule has 2 rings (SSSR count). The van der Waals surface area contributed by atoms with Crippen LogP contribution in [0.2, 0.25) is 5.02 Å². The SMILES string of the molecule is CN(C)Sc1ccc(SCc2cccc(Cl)c2)s1. The molecule has 1 aromatic carbocycles. The van der Waals surface area contributed by atoms with Gasteiger partial charge in [-0.3, -0.25) is 4.31 Å². The first-order valence-corrected chi connectivity index (χ1v) is 8.41. The highest BCUT2D eigenvalue weighted by Gasteiger charge is 2.03. The lowest BCUT2D eigenvalue weighted by molar-refractivity contribution is 0.704. The van der Waals surface area contributed by atoms with Crippen molar-refractivity contribution in [2.24, 2.45) is 0 Å². The van der Waals surface area contributed by atoms with Gasteiger partial charge in [-0.05, 0) is 55.9 Å². The molecule has 2 aromatic rings. The molecule has 0 radical (unpaired) electrons. The minimum atomic E-state index is 0.808. The molecule has 18 heavy (non-hydrogen) atoms. The van der Waals surface area contributed by atoms with Crippen molar-refractivity contribution < 1.29 is 0 Å². The third kappa shape index (κ3) is 4.52. The second-order valence-electron chi connectivity index (χ2n) is 3.90. The van der Waals surface area contributed by atoms with Crippen LogP contribution in [0.3, 0.4) is 0 Å². The van der Waals surface area contributed by atoms with Crippen LogP contribution in [-0.4, -0.2) is 18.4 Å². The number of hydrogen-bond donors (Lipinski definition) is 0. The normalized spacial score (nSPS) is 11.1. The monoisotopic (exact) mass is 315 g/mol. The average Bonchev–Trinajstić information content (AvgIpc) is 2.73. The maximum Gasteiger partial charge on any atom is 0.0765 e. The van der Waals surface area contributed by atoms with Crippen molar-refractivity contribution in [3.63, 3.8) is 0 Å². The molecule has 0 unspecified atom stereocenters. The fourth-order valence-corrected chi connectivity index (χ4v) is 4.92. The lowest BCUT2D eigenvalue weighted by Gasteiger charge is -2.04. The Morgan fingerprint density at radius 2 is 1.94 bits per heavy atom. The van der Waals surface area contributed by atoms with Gasteiger partial charge in [-0.2, -0.15) is 0 Å². The maximum absolute atomic E-state index is 5.97. The van der Waals surface area contributed by atoms with Gasteiger partial charge in [0.2, 0.25) is 0 Å². The quantitative estimate of drug-likeness (QED) is 0.547. The number of halogens is 1. The van der Waals surface area contributed by atoms with Gasteiger partial charge in [-0.15, -0.1) is 23.1 Å². The van der Waals surface area contributed by atoms with Crippen LogP contribution in [0.25, 0.3) is 0 Å². The zero-order valence-corrected chi connectivity index (χ0v) is 13.4. The molecule has 1 heterocycles. The van der Waals surface area contributed by atoms with Crippen molar-refractivity contribution in [2.45, 2.75) is 14.2 Å². The molecular formula is C13H14ClNS3. The van der Waals surface area contributed by atoms with E-state index < -0.39 is 0 Å². The molecule has 0 bridgehead atoms. The van der Waals surface area contributed by atoms with E-state index >= 15 is 0 Å². The number of nitrogens with zero attached hydrogens (tertiary/aromatic N) is 1. The molecule has 5 heteroatoms. The lowest BCUT2D eigenvalue weighted by atomic mass is 10.2. The summed E-state index contributed by atoms with van der Waals surface area (Å²) in [6.45, 7) is 0. The van der Waals surface area contributed by atoms with E-state index in [0.29, 0.717) is 0 Å². The number of thioether (sulfide) groups is 1. The Balaban J connectivity index is 1.92. The highest BCUT2D eigenvalue weighted by atomic mass is 35.5. The van der Waals surface area contributed by atoms with E-state index in [4.69, 9.17) is 11.6 Å². The van der Waals surface area contributed by atoms with Crippen molar-refractivity contribution in [2.75, 3.05) is 14.1 Å². The number of hydrogen-bond acceptors (Lipinski definition) is 4. The molecule has 0 N–H and O–H groups in total. The summed E-state index contributed by atoms with van der Waals surface area (Å²) in [6.07, 6.45) is 0. The third-order valence-corrected chi connectivity index (χ3v) is 5.67. The second-order valence-corrected chi connectivity index (χ2v) is 8.30. The Morgan fingerprint density at radius 3 is 2.67 bits per heavy atom. The predicted octanol–water partition coefficient (Wildman–Crippen LogP) is 5.26. The summed E-state index contributed by atoms with van der Waals surface area (Å²) < 4.78 is 4.78. The Hall–Kier alpha value is -0.130. The van der Waals surface area contributed by atoms with Gasteiger partial charge < -0.3 is 0 Å². The van der Waals surface area contributed by atoms with Gasteiger partial charge in [0.05, 0.1) is 8.42 Å². The standard InChI is InChI=1S/C13H14ClNS3/c1-15(2)18-13-7-6-12(17-13)16-9-10-4-3-5-11(14)8-10/h3-8H,9H2,1-2H3. The molecule has 96 valence electrons. The minimum Gasteiger partial charge on any atom is -0.252 e. The van der Waals surface area contributed by atoms with Crippen LogP contribution >= 0.6 is 46.6 Å². The second kappa shape index (κ2) is 6.87. The van der Waals surface area contributed by atoms with E-state index in [1.54, 1.807) is 11.9 Å². The van der Waals surface area contributed by atoms with E-state index in [2.05, 4.69) is 36.6 Å². The summed E-state index contributed by atoms with van der Waals surface area (Å²) in [7, 11) is 4.12. The van der Waals surface area contributed by atoms with Crippen LogP contribution in [0.15, 0.2) is 44.8 Å². The molecule has 0 aliphatic carbocycles. The molecule has 1 aromatic heterocycles. The predicted molar refractivity (Wildman–Crippen MR) is 84.9 cm³/mol. The fourth-order valence-electron chi connectivity index (χ4n) is 1.39. The molecule has 0 spiro atoms. The van der Waals surface area contributed by atoms with Crippen LogP contribution in [0.4, 0.5) is 0 Å². The maximum atomic E-state index is 5.97. The van der Waals surface area contributed by atoms with Crippen LogP contribution < -0.4 is 0 Å². The fraction of sp³-hybridized carbons (Fsp3) is 0.231. The summed E-state index contributed by atoms with van der Waals surface area (Å²) >= 11 is 11.4. The van der Waals surface area contributed by atoms with Crippen molar-refractivity contribution in [1.29, 1.82) is 0 Å². The first-order valence-electron chi connectivity index (χ1n) is 5.46. The van der Waals surface area contributed by atoms with Gasteiger partial charge in [-0.25, -0.2) is 0 Å². The van der Waals surface area contributed by atoms with Gasteiger partial charge in [-0.1, -0.05) is 23.7 Å². The summed E-state index contributed by atoms with van der Waals surface area (Å²) in [4.78, 5) is 0. The number of thiophene rings is 1. The molecule has 0 amide bonds. The van der Waals surface area contributed by atoms with Crippen molar-refractivity contribution in [1.82, 2.24) is 4.31 Å². The van der Waals surface area contributed by atoms with Gasteiger partial charge in [0.25, 0.3) is 0 Å². The van der Waals surface area contributed by atoms with Crippen LogP contribution in [-0.2, 0) is 5.75 Å². The minimum absolute atomic E-state index is 0.808.